The summed E-state index contributed by atoms with van der Waals surface area (Å²) in [7, 11) is 1.85. The second-order valence-electron chi connectivity index (χ2n) is 9.16. The van der Waals surface area contributed by atoms with Crippen molar-refractivity contribution in [3.05, 3.63) is 58.6 Å². The summed E-state index contributed by atoms with van der Waals surface area (Å²) in [6.45, 7) is 9.90. The molecule has 0 unspecified atom stereocenters. The van der Waals surface area contributed by atoms with E-state index in [4.69, 9.17) is 21.3 Å². The van der Waals surface area contributed by atoms with Crippen LogP contribution in [0, 0.1) is 19.7 Å². The van der Waals surface area contributed by atoms with E-state index in [2.05, 4.69) is 16.6 Å². The van der Waals surface area contributed by atoms with Crippen LogP contribution < -0.4 is 4.74 Å². The Morgan fingerprint density at radius 1 is 1.28 bits per heavy atom. The Bertz CT molecular complexity index is 1370. The van der Waals surface area contributed by atoms with Crippen molar-refractivity contribution in [3.63, 3.8) is 0 Å². The standard InChI is InChI=1S/C26H27ClFN5O3/c1-5-20(35)33-10-9-32-12-17-24(21-14(2)30-31(4)15(21)3)29-25(22-18(28)7-6-8-19(22)34)23(27)26(17)36-13-16(32)11-33/h5-8,16,34H,1,9-13H2,2-4H3/t16-/m1/s1. The van der Waals surface area contributed by atoms with Gasteiger partial charge in [0.15, 0.2) is 0 Å². The smallest absolute Gasteiger partial charge is 0.246 e. The molecule has 1 aromatic carbocycles. The number of nitrogens with zero attached hydrogens (tertiary/aromatic N) is 5. The molecule has 36 heavy (non-hydrogen) atoms. The summed E-state index contributed by atoms with van der Waals surface area (Å²) >= 11 is 6.84. The van der Waals surface area contributed by atoms with Gasteiger partial charge in [-0.05, 0) is 32.1 Å². The number of hydrogen-bond donors (Lipinski definition) is 1. The second kappa shape index (κ2) is 9.22. The number of carbonyl (C=O) groups is 1. The van der Waals surface area contributed by atoms with Gasteiger partial charge in [0.05, 0.1) is 23.0 Å². The minimum atomic E-state index is -0.639. The van der Waals surface area contributed by atoms with Crippen molar-refractivity contribution >= 4 is 17.5 Å². The van der Waals surface area contributed by atoms with E-state index in [0.29, 0.717) is 37.6 Å². The summed E-state index contributed by atoms with van der Waals surface area (Å²) in [5.41, 5.74) is 3.83. The lowest BCUT2D eigenvalue weighted by molar-refractivity contribution is -0.129. The maximum Gasteiger partial charge on any atom is 0.246 e. The number of carbonyl (C=O) groups excluding carboxylic acids is 1. The number of rotatable bonds is 3. The molecule has 1 saturated heterocycles. The number of fused-ring (bicyclic) bond motifs is 2. The van der Waals surface area contributed by atoms with Crippen LogP contribution in [0.25, 0.3) is 22.5 Å². The molecule has 3 aromatic rings. The van der Waals surface area contributed by atoms with E-state index in [9.17, 15) is 14.3 Å². The third-order valence-corrected chi connectivity index (χ3v) is 7.39. The summed E-state index contributed by atoms with van der Waals surface area (Å²) in [6.07, 6.45) is 1.32. The predicted molar refractivity (Wildman–Crippen MR) is 134 cm³/mol. The number of phenolic OH excluding ortho intramolecular Hbond substituents is 1. The summed E-state index contributed by atoms with van der Waals surface area (Å²) in [5.74, 6) is -0.618. The Morgan fingerprint density at radius 3 is 2.72 bits per heavy atom. The van der Waals surface area contributed by atoms with Crippen LogP contribution in [0.15, 0.2) is 30.9 Å². The van der Waals surface area contributed by atoms with Gasteiger partial charge in [0.25, 0.3) is 0 Å². The highest BCUT2D eigenvalue weighted by Crippen LogP contribution is 2.46. The summed E-state index contributed by atoms with van der Waals surface area (Å²) < 4.78 is 23.0. The maximum atomic E-state index is 14.9. The Balaban J connectivity index is 1.70. The lowest BCUT2D eigenvalue weighted by Crippen LogP contribution is -2.55. The van der Waals surface area contributed by atoms with Crippen LogP contribution in [0.1, 0.15) is 17.0 Å². The molecule has 1 fully saturated rings. The number of pyridine rings is 1. The first kappa shape index (κ1) is 24.3. The molecule has 1 N–H and O–H groups in total. The average molecular weight is 512 g/mol. The monoisotopic (exact) mass is 511 g/mol. The number of piperazine rings is 1. The van der Waals surface area contributed by atoms with Crippen molar-refractivity contribution in [1.29, 1.82) is 0 Å². The number of aromatic hydroxyl groups is 1. The van der Waals surface area contributed by atoms with Crippen LogP contribution in [-0.4, -0.2) is 67.9 Å². The van der Waals surface area contributed by atoms with Crippen LogP contribution >= 0.6 is 11.6 Å². The van der Waals surface area contributed by atoms with Gasteiger partial charge in [0, 0.05) is 50.0 Å². The number of amides is 1. The van der Waals surface area contributed by atoms with Crippen molar-refractivity contribution in [3.8, 4) is 34.0 Å². The predicted octanol–water partition coefficient (Wildman–Crippen LogP) is 3.86. The molecule has 1 amide bonds. The van der Waals surface area contributed by atoms with Gasteiger partial charge in [-0.25, -0.2) is 9.37 Å². The molecule has 2 aliphatic heterocycles. The topological polar surface area (TPSA) is 83.7 Å². The largest absolute Gasteiger partial charge is 0.507 e. The number of phenols is 1. The van der Waals surface area contributed by atoms with E-state index in [-0.39, 0.29) is 40.6 Å². The molecule has 1 atom stereocenters. The van der Waals surface area contributed by atoms with E-state index < -0.39 is 5.82 Å². The first-order chi connectivity index (χ1) is 17.2. The summed E-state index contributed by atoms with van der Waals surface area (Å²) in [6, 6.07) is 4.01. The molecule has 2 aromatic heterocycles. The Kier molecular flexibility index (Phi) is 6.22. The normalized spacial score (nSPS) is 17.7. The fourth-order valence-electron chi connectivity index (χ4n) is 5.08. The van der Waals surface area contributed by atoms with Gasteiger partial charge < -0.3 is 14.7 Å². The highest BCUT2D eigenvalue weighted by atomic mass is 35.5. The van der Waals surface area contributed by atoms with E-state index in [1.807, 2.05) is 20.9 Å². The quantitative estimate of drug-likeness (QED) is 0.538. The Morgan fingerprint density at radius 2 is 2.06 bits per heavy atom. The van der Waals surface area contributed by atoms with Crippen LogP contribution in [0.3, 0.4) is 0 Å². The van der Waals surface area contributed by atoms with Gasteiger partial charge in [0.2, 0.25) is 5.91 Å². The molecule has 2 aliphatic rings. The molecule has 0 spiro atoms. The number of halogens is 2. The summed E-state index contributed by atoms with van der Waals surface area (Å²) in [5, 5.41) is 15.2. The zero-order chi connectivity index (χ0) is 25.7. The highest BCUT2D eigenvalue weighted by molar-refractivity contribution is 6.35. The van der Waals surface area contributed by atoms with Crippen LogP contribution in [0.2, 0.25) is 5.02 Å². The number of aryl methyl sites for hydroxylation is 2. The second-order valence-corrected chi connectivity index (χ2v) is 9.54. The van der Waals surface area contributed by atoms with Crippen LogP contribution in [-0.2, 0) is 18.4 Å². The van der Waals surface area contributed by atoms with E-state index in [1.54, 1.807) is 9.58 Å². The van der Waals surface area contributed by atoms with Crippen molar-refractivity contribution < 1.29 is 19.0 Å². The SMILES string of the molecule is C=CC(=O)N1CCN2Cc3c(-c4c(C)nn(C)c4C)nc(-c4c(O)cccc4F)c(Cl)c3OC[C@H]2C1. The lowest BCUT2D eigenvalue weighted by Gasteiger charge is -2.39. The third kappa shape index (κ3) is 3.92. The molecule has 5 rings (SSSR count). The molecular formula is C26H27ClFN5O3. The molecule has 10 heteroatoms. The fourth-order valence-corrected chi connectivity index (χ4v) is 5.39. The fraction of sp³-hybridized carbons (Fsp3) is 0.346. The number of ether oxygens (including phenoxy) is 1. The molecule has 0 radical (unpaired) electrons. The number of benzene rings is 1. The highest BCUT2D eigenvalue weighted by Gasteiger charge is 2.36. The first-order valence-electron chi connectivity index (χ1n) is 11.7. The summed E-state index contributed by atoms with van der Waals surface area (Å²) in [4.78, 5) is 21.1. The average Bonchev–Trinajstić information content (AvgIpc) is 3.00. The zero-order valence-corrected chi connectivity index (χ0v) is 21.1. The van der Waals surface area contributed by atoms with Crippen molar-refractivity contribution in [2.45, 2.75) is 26.4 Å². The van der Waals surface area contributed by atoms with Crippen LogP contribution in [0.4, 0.5) is 4.39 Å². The zero-order valence-electron chi connectivity index (χ0n) is 20.4. The third-order valence-electron chi connectivity index (χ3n) is 7.04. The van der Waals surface area contributed by atoms with E-state index >= 15 is 0 Å². The van der Waals surface area contributed by atoms with Gasteiger partial charge in [-0.3, -0.25) is 14.4 Å². The maximum absolute atomic E-state index is 14.9. The molecule has 8 nitrogen and oxygen atoms in total. The molecule has 0 bridgehead atoms. The van der Waals surface area contributed by atoms with Gasteiger partial charge in [-0.1, -0.05) is 24.2 Å². The Hall–Kier alpha value is -3.43. The molecule has 0 aliphatic carbocycles. The van der Waals surface area contributed by atoms with E-state index in [0.717, 1.165) is 22.5 Å². The van der Waals surface area contributed by atoms with Gasteiger partial charge >= 0.3 is 0 Å². The van der Waals surface area contributed by atoms with Crippen molar-refractivity contribution in [2.75, 3.05) is 26.2 Å². The lowest BCUT2D eigenvalue weighted by atomic mass is 9.99. The molecule has 0 saturated carbocycles. The minimum absolute atomic E-state index is 0.0691. The van der Waals surface area contributed by atoms with Gasteiger partial charge in [-0.15, -0.1) is 0 Å². The van der Waals surface area contributed by atoms with Crippen molar-refractivity contribution in [1.82, 2.24) is 24.6 Å². The molecule has 188 valence electrons. The van der Waals surface area contributed by atoms with Crippen LogP contribution in [0.5, 0.6) is 11.5 Å². The number of hydrogen-bond acceptors (Lipinski definition) is 6. The number of aromatic nitrogens is 3. The minimum Gasteiger partial charge on any atom is -0.507 e. The van der Waals surface area contributed by atoms with Gasteiger partial charge in [0.1, 0.15) is 34.6 Å². The first-order valence-corrected chi connectivity index (χ1v) is 12.1. The van der Waals surface area contributed by atoms with E-state index in [1.165, 1.54) is 24.3 Å². The Labute approximate surface area is 213 Å². The van der Waals surface area contributed by atoms with Gasteiger partial charge in [-0.2, -0.15) is 5.10 Å². The molecular weight excluding hydrogens is 485 g/mol. The molecule has 4 heterocycles. The van der Waals surface area contributed by atoms with Crippen molar-refractivity contribution in [2.24, 2.45) is 7.05 Å².